The number of aromatic nitrogens is 1. The molecule has 0 saturated heterocycles. The van der Waals surface area contributed by atoms with Crippen molar-refractivity contribution in [2.45, 2.75) is 0 Å². The van der Waals surface area contributed by atoms with Gasteiger partial charge >= 0.3 is 0 Å². The fourth-order valence-corrected chi connectivity index (χ4v) is 1.73. The lowest BCUT2D eigenvalue weighted by Gasteiger charge is -2.11. The van der Waals surface area contributed by atoms with Crippen LogP contribution in [0.25, 0.3) is 0 Å². The van der Waals surface area contributed by atoms with E-state index in [4.69, 9.17) is 14.2 Å². The highest BCUT2D eigenvalue weighted by Crippen LogP contribution is 2.33. The summed E-state index contributed by atoms with van der Waals surface area (Å²) >= 11 is 0. The quantitative estimate of drug-likeness (QED) is 0.785. The molecule has 0 fully saturated rings. The number of benzene rings is 1. The summed E-state index contributed by atoms with van der Waals surface area (Å²) in [6, 6.07) is 7.29. The number of nitrogens with zero attached hydrogens (tertiary/aromatic N) is 2. The Morgan fingerprint density at radius 2 is 1.70 bits per heavy atom. The fourth-order valence-electron chi connectivity index (χ4n) is 1.73. The van der Waals surface area contributed by atoms with Crippen LogP contribution in [0.3, 0.4) is 0 Å². The molecule has 20 heavy (non-hydrogen) atoms. The summed E-state index contributed by atoms with van der Waals surface area (Å²) in [6.07, 6.45) is 5.09. The van der Waals surface area contributed by atoms with E-state index in [2.05, 4.69) is 9.98 Å². The standard InChI is InChI=1S/C15H16N2O3/c1-18-13-8-15(20-3)14(19-2)7-11(13)9-17-12-5-4-6-16-10-12/h4-10H,1-3H3. The van der Waals surface area contributed by atoms with Crippen LogP contribution in [-0.4, -0.2) is 32.5 Å². The molecule has 0 N–H and O–H groups in total. The molecule has 0 atom stereocenters. The molecule has 0 aliphatic heterocycles. The van der Waals surface area contributed by atoms with Crippen LogP contribution in [0.4, 0.5) is 5.69 Å². The lowest BCUT2D eigenvalue weighted by Crippen LogP contribution is -1.96. The van der Waals surface area contributed by atoms with Crippen LogP contribution in [0, 0.1) is 0 Å². The maximum atomic E-state index is 5.33. The minimum atomic E-state index is 0.614. The third kappa shape index (κ3) is 3.06. The largest absolute Gasteiger partial charge is 0.496 e. The van der Waals surface area contributed by atoms with Crippen LogP contribution >= 0.6 is 0 Å². The number of pyridine rings is 1. The van der Waals surface area contributed by atoms with E-state index in [1.807, 2.05) is 18.2 Å². The van der Waals surface area contributed by atoms with Crippen molar-refractivity contribution in [1.82, 2.24) is 4.98 Å². The number of hydrogen-bond donors (Lipinski definition) is 0. The molecule has 1 aromatic carbocycles. The molecule has 5 heteroatoms. The third-order valence-electron chi connectivity index (χ3n) is 2.73. The molecule has 5 nitrogen and oxygen atoms in total. The summed E-state index contributed by atoms with van der Waals surface area (Å²) in [5.74, 6) is 1.90. The molecule has 2 rings (SSSR count). The Morgan fingerprint density at radius 3 is 2.30 bits per heavy atom. The first-order valence-electron chi connectivity index (χ1n) is 6.02. The normalized spacial score (nSPS) is 10.6. The fraction of sp³-hybridized carbons (Fsp3) is 0.200. The molecule has 1 heterocycles. The van der Waals surface area contributed by atoms with Gasteiger partial charge in [-0.3, -0.25) is 9.98 Å². The molecule has 0 unspecified atom stereocenters. The van der Waals surface area contributed by atoms with E-state index < -0.39 is 0 Å². The van der Waals surface area contributed by atoms with Crippen LogP contribution in [-0.2, 0) is 0 Å². The Bertz CT molecular complexity index is 598. The van der Waals surface area contributed by atoms with E-state index in [0.717, 1.165) is 11.3 Å². The number of ether oxygens (including phenoxy) is 3. The van der Waals surface area contributed by atoms with Crippen molar-refractivity contribution >= 4 is 11.9 Å². The van der Waals surface area contributed by atoms with Crippen molar-refractivity contribution < 1.29 is 14.2 Å². The smallest absolute Gasteiger partial charge is 0.164 e. The Kier molecular flexibility index (Phi) is 4.55. The van der Waals surface area contributed by atoms with Crippen molar-refractivity contribution in [3.8, 4) is 17.2 Å². The van der Waals surface area contributed by atoms with E-state index in [1.165, 1.54) is 0 Å². The van der Waals surface area contributed by atoms with Gasteiger partial charge in [0.1, 0.15) is 5.75 Å². The molecule has 0 saturated carbocycles. The van der Waals surface area contributed by atoms with Crippen LogP contribution in [0.2, 0.25) is 0 Å². The second-order valence-electron chi connectivity index (χ2n) is 3.92. The average molecular weight is 272 g/mol. The Labute approximate surface area is 117 Å². The van der Waals surface area contributed by atoms with Gasteiger partial charge in [0.2, 0.25) is 0 Å². The van der Waals surface area contributed by atoms with Crippen molar-refractivity contribution in [2.24, 2.45) is 4.99 Å². The molecule has 1 aromatic heterocycles. The SMILES string of the molecule is COc1cc(OC)c(OC)cc1C=Nc1cccnc1. The highest BCUT2D eigenvalue weighted by molar-refractivity contribution is 5.86. The molecule has 0 aliphatic carbocycles. The molecule has 0 spiro atoms. The van der Waals surface area contributed by atoms with Crippen LogP contribution in [0.1, 0.15) is 5.56 Å². The molecule has 0 radical (unpaired) electrons. The molecule has 0 bridgehead atoms. The summed E-state index contributed by atoms with van der Waals surface area (Å²) in [5, 5.41) is 0. The first-order valence-corrected chi connectivity index (χ1v) is 6.02. The van der Waals surface area contributed by atoms with Gasteiger partial charge in [0, 0.05) is 24.0 Å². The number of rotatable bonds is 5. The third-order valence-corrected chi connectivity index (χ3v) is 2.73. The molecule has 0 amide bonds. The minimum Gasteiger partial charge on any atom is -0.496 e. The lowest BCUT2D eigenvalue weighted by atomic mass is 10.2. The monoisotopic (exact) mass is 272 g/mol. The van der Waals surface area contributed by atoms with Crippen LogP contribution in [0.15, 0.2) is 41.7 Å². The topological polar surface area (TPSA) is 52.9 Å². The summed E-state index contributed by atoms with van der Waals surface area (Å²) in [4.78, 5) is 8.36. The highest BCUT2D eigenvalue weighted by atomic mass is 16.5. The van der Waals surface area contributed by atoms with E-state index >= 15 is 0 Å². The van der Waals surface area contributed by atoms with Crippen molar-refractivity contribution in [2.75, 3.05) is 21.3 Å². The maximum absolute atomic E-state index is 5.33. The molecular weight excluding hydrogens is 256 g/mol. The number of hydrogen-bond acceptors (Lipinski definition) is 5. The Balaban J connectivity index is 2.37. The summed E-state index contributed by atoms with van der Waals surface area (Å²) in [6.45, 7) is 0. The minimum absolute atomic E-state index is 0.614. The summed E-state index contributed by atoms with van der Waals surface area (Å²) in [5.41, 5.74) is 1.57. The van der Waals surface area contributed by atoms with Gasteiger partial charge in [-0.1, -0.05) is 0 Å². The second-order valence-corrected chi connectivity index (χ2v) is 3.92. The van der Waals surface area contributed by atoms with Crippen LogP contribution < -0.4 is 14.2 Å². The van der Waals surface area contributed by atoms with Gasteiger partial charge in [0.25, 0.3) is 0 Å². The zero-order valence-electron chi connectivity index (χ0n) is 11.7. The number of methoxy groups -OCH3 is 3. The zero-order chi connectivity index (χ0) is 14.4. The van der Waals surface area contributed by atoms with E-state index in [0.29, 0.717) is 17.2 Å². The molecule has 0 aliphatic rings. The molecular formula is C15H16N2O3. The van der Waals surface area contributed by atoms with Gasteiger partial charge in [-0.05, 0) is 18.2 Å². The Hall–Kier alpha value is -2.56. The van der Waals surface area contributed by atoms with Gasteiger partial charge < -0.3 is 14.2 Å². The maximum Gasteiger partial charge on any atom is 0.164 e. The number of aliphatic imine (C=N–C) groups is 1. The predicted molar refractivity (Wildman–Crippen MR) is 77.6 cm³/mol. The van der Waals surface area contributed by atoms with Crippen LogP contribution in [0.5, 0.6) is 17.2 Å². The lowest BCUT2D eigenvalue weighted by molar-refractivity contribution is 0.349. The van der Waals surface area contributed by atoms with Crippen molar-refractivity contribution in [1.29, 1.82) is 0 Å². The van der Waals surface area contributed by atoms with E-state index in [1.54, 1.807) is 46.0 Å². The first kappa shape index (κ1) is 13.9. The van der Waals surface area contributed by atoms with Gasteiger partial charge in [-0.2, -0.15) is 0 Å². The summed E-state index contributed by atoms with van der Waals surface area (Å²) in [7, 11) is 4.77. The average Bonchev–Trinajstić information content (AvgIpc) is 2.52. The van der Waals surface area contributed by atoms with E-state index in [9.17, 15) is 0 Å². The summed E-state index contributed by atoms with van der Waals surface area (Å²) < 4.78 is 15.8. The molecule has 104 valence electrons. The van der Waals surface area contributed by atoms with Crippen molar-refractivity contribution in [3.05, 3.63) is 42.2 Å². The van der Waals surface area contributed by atoms with Gasteiger partial charge in [-0.25, -0.2) is 0 Å². The molecule has 2 aromatic rings. The van der Waals surface area contributed by atoms with Gasteiger partial charge in [0.15, 0.2) is 11.5 Å². The van der Waals surface area contributed by atoms with E-state index in [-0.39, 0.29) is 0 Å². The Morgan fingerprint density at radius 1 is 1.00 bits per heavy atom. The second kappa shape index (κ2) is 6.56. The first-order chi connectivity index (χ1) is 9.78. The van der Waals surface area contributed by atoms with Gasteiger partial charge in [-0.15, -0.1) is 0 Å². The highest BCUT2D eigenvalue weighted by Gasteiger charge is 2.10. The zero-order valence-corrected chi connectivity index (χ0v) is 11.7. The van der Waals surface area contributed by atoms with Crippen molar-refractivity contribution in [3.63, 3.8) is 0 Å². The predicted octanol–water partition coefficient (Wildman–Crippen LogP) is 2.86. The van der Waals surface area contributed by atoms with Gasteiger partial charge in [0.05, 0.1) is 33.2 Å².